The molecule has 1 aromatic heterocycles. The molecule has 0 aliphatic carbocycles. The van der Waals surface area contributed by atoms with Gasteiger partial charge in [0.2, 0.25) is 11.8 Å². The van der Waals surface area contributed by atoms with Crippen molar-refractivity contribution in [1.29, 1.82) is 0 Å². The van der Waals surface area contributed by atoms with Crippen molar-refractivity contribution in [1.82, 2.24) is 14.7 Å². The van der Waals surface area contributed by atoms with Crippen molar-refractivity contribution in [2.75, 3.05) is 16.9 Å². The summed E-state index contributed by atoms with van der Waals surface area (Å²) in [6.45, 7) is 5.25. The minimum absolute atomic E-state index is 0.0650. The van der Waals surface area contributed by atoms with E-state index in [9.17, 15) is 9.59 Å². The van der Waals surface area contributed by atoms with Crippen molar-refractivity contribution >= 4 is 29.3 Å². The van der Waals surface area contributed by atoms with Gasteiger partial charge in [-0.1, -0.05) is 0 Å². The number of thioether (sulfide) groups is 1. The zero-order chi connectivity index (χ0) is 14.2. The Morgan fingerprint density at radius 3 is 2.63 bits per heavy atom. The molecule has 6 nitrogen and oxygen atoms in total. The van der Waals surface area contributed by atoms with Crippen LogP contribution in [0, 0.1) is 13.8 Å². The second-order valence-electron chi connectivity index (χ2n) is 4.66. The molecule has 1 aliphatic heterocycles. The molecule has 1 aliphatic rings. The van der Waals surface area contributed by atoms with E-state index in [1.807, 2.05) is 20.9 Å². The molecule has 0 saturated carbocycles. The summed E-state index contributed by atoms with van der Waals surface area (Å²) in [5.74, 6) is 1.02. The van der Waals surface area contributed by atoms with Gasteiger partial charge < -0.3 is 10.2 Å². The molecule has 2 amide bonds. The largest absolute Gasteiger partial charge is 0.321 e. The van der Waals surface area contributed by atoms with Gasteiger partial charge in [-0.25, -0.2) is 0 Å². The summed E-state index contributed by atoms with van der Waals surface area (Å²) < 4.78 is 1.73. The molecular weight excluding hydrogens is 264 g/mol. The normalized spacial score (nSPS) is 18.7. The molecular formula is C12H18N4O2S. The van der Waals surface area contributed by atoms with Crippen LogP contribution >= 0.6 is 11.8 Å². The van der Waals surface area contributed by atoms with Crippen LogP contribution in [0.15, 0.2) is 0 Å². The second-order valence-corrected chi connectivity index (χ2v) is 5.66. The summed E-state index contributed by atoms with van der Waals surface area (Å²) in [6.07, 6.45) is 0. The number of nitrogens with zero attached hydrogens (tertiary/aromatic N) is 3. The van der Waals surface area contributed by atoms with Crippen LogP contribution in [-0.4, -0.2) is 44.2 Å². The van der Waals surface area contributed by atoms with Gasteiger partial charge in [-0.2, -0.15) is 5.10 Å². The molecule has 1 aromatic rings. The predicted molar refractivity (Wildman–Crippen MR) is 74.9 cm³/mol. The van der Waals surface area contributed by atoms with E-state index in [2.05, 4.69) is 10.4 Å². The monoisotopic (exact) mass is 282 g/mol. The van der Waals surface area contributed by atoms with E-state index >= 15 is 0 Å². The van der Waals surface area contributed by atoms with Gasteiger partial charge in [-0.3, -0.25) is 14.3 Å². The molecule has 0 aromatic carbocycles. The molecule has 1 unspecified atom stereocenters. The molecule has 7 heteroatoms. The Bertz CT molecular complexity index is 526. The fraction of sp³-hybridized carbons (Fsp3) is 0.583. The number of rotatable bonds is 2. The fourth-order valence-electron chi connectivity index (χ4n) is 2.13. The van der Waals surface area contributed by atoms with Crippen LogP contribution in [0.4, 0.5) is 5.69 Å². The van der Waals surface area contributed by atoms with Gasteiger partial charge >= 0.3 is 0 Å². The molecule has 0 spiro atoms. The number of nitrogens with one attached hydrogen (secondary N) is 1. The minimum atomic E-state index is -0.387. The van der Waals surface area contributed by atoms with Crippen molar-refractivity contribution in [3.05, 3.63) is 11.4 Å². The molecule has 19 heavy (non-hydrogen) atoms. The van der Waals surface area contributed by atoms with Crippen LogP contribution < -0.4 is 5.32 Å². The summed E-state index contributed by atoms with van der Waals surface area (Å²) >= 11 is 1.59. The van der Waals surface area contributed by atoms with Crippen molar-refractivity contribution in [3.63, 3.8) is 0 Å². The Balaban J connectivity index is 2.15. The lowest BCUT2D eigenvalue weighted by molar-refractivity contribution is -0.134. The Morgan fingerprint density at radius 1 is 1.42 bits per heavy atom. The van der Waals surface area contributed by atoms with Gasteiger partial charge in [-0.15, -0.1) is 11.8 Å². The van der Waals surface area contributed by atoms with Crippen molar-refractivity contribution in [3.8, 4) is 0 Å². The number of hydrogen-bond donors (Lipinski definition) is 1. The molecule has 0 bridgehead atoms. The van der Waals surface area contributed by atoms with Gasteiger partial charge in [0, 0.05) is 19.7 Å². The predicted octanol–water partition coefficient (Wildman–Crippen LogP) is 0.897. The number of carbonyl (C=O) groups is 2. The highest BCUT2D eigenvalue weighted by atomic mass is 32.2. The molecule has 0 radical (unpaired) electrons. The maximum absolute atomic E-state index is 12.3. The zero-order valence-corrected chi connectivity index (χ0v) is 12.4. The van der Waals surface area contributed by atoms with Crippen LogP contribution in [0.5, 0.6) is 0 Å². The smallest absolute Gasteiger partial charge is 0.248 e. The van der Waals surface area contributed by atoms with E-state index in [1.165, 1.54) is 6.92 Å². The molecule has 2 rings (SSSR count). The fourth-order valence-corrected chi connectivity index (χ4v) is 3.35. The Kier molecular flexibility index (Phi) is 3.84. The highest BCUT2D eigenvalue weighted by Gasteiger charge is 2.33. The lowest BCUT2D eigenvalue weighted by Crippen LogP contribution is -2.43. The number of carbonyl (C=O) groups excluding carboxylic acids is 2. The van der Waals surface area contributed by atoms with Crippen LogP contribution in [0.1, 0.15) is 18.3 Å². The van der Waals surface area contributed by atoms with Crippen molar-refractivity contribution < 1.29 is 9.59 Å². The van der Waals surface area contributed by atoms with Crippen LogP contribution in [0.3, 0.4) is 0 Å². The second kappa shape index (κ2) is 5.24. The van der Waals surface area contributed by atoms with Gasteiger partial charge in [0.15, 0.2) is 0 Å². The van der Waals surface area contributed by atoms with Gasteiger partial charge in [0.05, 0.1) is 23.0 Å². The summed E-state index contributed by atoms with van der Waals surface area (Å²) in [7, 11) is 1.84. The highest BCUT2D eigenvalue weighted by Crippen LogP contribution is 2.24. The lowest BCUT2D eigenvalue weighted by atomic mass is 10.2. The zero-order valence-electron chi connectivity index (χ0n) is 11.6. The lowest BCUT2D eigenvalue weighted by Gasteiger charge is -2.21. The number of hydrogen-bond acceptors (Lipinski definition) is 4. The van der Waals surface area contributed by atoms with E-state index < -0.39 is 0 Å². The van der Waals surface area contributed by atoms with Gasteiger partial charge in [0.25, 0.3) is 0 Å². The highest BCUT2D eigenvalue weighted by molar-refractivity contribution is 7.99. The summed E-state index contributed by atoms with van der Waals surface area (Å²) in [4.78, 5) is 25.4. The summed E-state index contributed by atoms with van der Waals surface area (Å²) in [5, 5.41) is 7.16. The first kappa shape index (κ1) is 13.9. The minimum Gasteiger partial charge on any atom is -0.321 e. The van der Waals surface area contributed by atoms with Crippen LogP contribution in [0.2, 0.25) is 0 Å². The van der Waals surface area contributed by atoms with E-state index in [4.69, 9.17) is 0 Å². The van der Waals surface area contributed by atoms with Gasteiger partial charge in [0.1, 0.15) is 6.04 Å². The van der Waals surface area contributed by atoms with E-state index in [0.717, 1.165) is 17.1 Å². The average molecular weight is 282 g/mol. The number of aromatic nitrogens is 2. The third kappa shape index (κ3) is 2.60. The maximum atomic E-state index is 12.3. The summed E-state index contributed by atoms with van der Waals surface area (Å²) in [6, 6.07) is -0.387. The van der Waals surface area contributed by atoms with Gasteiger partial charge in [-0.05, 0) is 13.8 Å². The standard InChI is InChI=1S/C12H18N4O2S/c1-7-11(8(2)15(4)14-7)13-12(18)10-5-19-6-16(10)9(3)17/h10H,5-6H2,1-4H3,(H,13,18). The first-order valence-corrected chi connectivity index (χ1v) is 7.23. The molecule has 1 fully saturated rings. The van der Waals surface area contributed by atoms with E-state index in [-0.39, 0.29) is 17.9 Å². The topological polar surface area (TPSA) is 67.2 Å². The SMILES string of the molecule is CC(=O)N1CSCC1C(=O)Nc1c(C)nn(C)c1C. The first-order chi connectivity index (χ1) is 8.91. The Hall–Kier alpha value is -1.50. The molecule has 2 heterocycles. The van der Waals surface area contributed by atoms with Crippen molar-refractivity contribution in [2.45, 2.75) is 26.8 Å². The number of aryl methyl sites for hydroxylation is 2. The quantitative estimate of drug-likeness (QED) is 0.875. The van der Waals surface area contributed by atoms with Crippen LogP contribution in [-0.2, 0) is 16.6 Å². The molecule has 1 atom stereocenters. The first-order valence-electron chi connectivity index (χ1n) is 6.07. The average Bonchev–Trinajstić information content (AvgIpc) is 2.90. The molecule has 1 N–H and O–H groups in total. The van der Waals surface area contributed by atoms with Crippen LogP contribution in [0.25, 0.3) is 0 Å². The van der Waals surface area contributed by atoms with Crippen molar-refractivity contribution in [2.24, 2.45) is 7.05 Å². The third-order valence-corrected chi connectivity index (χ3v) is 4.36. The molecule has 1 saturated heterocycles. The van der Waals surface area contributed by atoms with E-state index in [1.54, 1.807) is 21.3 Å². The summed E-state index contributed by atoms with van der Waals surface area (Å²) in [5.41, 5.74) is 2.44. The molecule has 104 valence electrons. The van der Waals surface area contributed by atoms with E-state index in [0.29, 0.717) is 11.6 Å². The Labute approximate surface area is 116 Å². The number of amides is 2. The Morgan fingerprint density at radius 2 is 2.11 bits per heavy atom. The third-order valence-electron chi connectivity index (χ3n) is 3.35. The number of anilines is 1. The maximum Gasteiger partial charge on any atom is 0.248 e.